The third kappa shape index (κ3) is 2.50. The molecule has 0 aliphatic carbocycles. The fourth-order valence-corrected chi connectivity index (χ4v) is 2.99. The predicted octanol–water partition coefficient (Wildman–Crippen LogP) is 2.91. The molecule has 2 rings (SSSR count). The Balaban J connectivity index is 2.40. The molecule has 2 atom stereocenters. The maximum Gasteiger partial charge on any atom is 0.118 e. The van der Waals surface area contributed by atoms with Gasteiger partial charge in [-0.05, 0) is 40.1 Å². The Labute approximate surface area is 122 Å². The summed E-state index contributed by atoms with van der Waals surface area (Å²) in [6.07, 6.45) is 0.745. The van der Waals surface area contributed by atoms with Gasteiger partial charge in [0, 0.05) is 0 Å². The van der Waals surface area contributed by atoms with Crippen LogP contribution in [0.15, 0.2) is 53.7 Å². The Bertz CT molecular complexity index is 548. The molecule has 0 saturated heterocycles. The maximum atomic E-state index is 10.7. The van der Waals surface area contributed by atoms with E-state index in [2.05, 4.69) is 6.58 Å². The van der Waals surface area contributed by atoms with Crippen LogP contribution in [0.5, 0.6) is 5.75 Å². The number of ether oxygens (including phenoxy) is 1. The summed E-state index contributed by atoms with van der Waals surface area (Å²) in [5, 5.41) is 24.4. The molecule has 106 valence electrons. The van der Waals surface area contributed by atoms with Crippen LogP contribution in [0.2, 0.25) is 0 Å². The van der Waals surface area contributed by atoms with Gasteiger partial charge in [0.15, 0.2) is 0 Å². The van der Waals surface area contributed by atoms with Gasteiger partial charge in [-0.15, -0.1) is 6.58 Å². The van der Waals surface area contributed by atoms with Crippen LogP contribution in [0.1, 0.15) is 17.2 Å². The smallest absolute Gasteiger partial charge is 0.118 e. The van der Waals surface area contributed by atoms with Crippen LogP contribution in [0.3, 0.4) is 0 Å². The van der Waals surface area contributed by atoms with Gasteiger partial charge < -0.3 is 14.9 Å². The Morgan fingerprint density at radius 2 is 2.05 bits per heavy atom. The van der Waals surface area contributed by atoms with Gasteiger partial charge in [-0.3, -0.25) is 0 Å². The lowest BCUT2D eigenvalue weighted by Gasteiger charge is -2.33. The van der Waals surface area contributed by atoms with Crippen LogP contribution in [0.4, 0.5) is 0 Å². The molecule has 0 amide bonds. The van der Waals surface area contributed by atoms with Crippen molar-refractivity contribution < 1.29 is 14.9 Å². The van der Waals surface area contributed by atoms with E-state index in [0.717, 1.165) is 11.3 Å². The minimum atomic E-state index is -0.894. The number of methoxy groups -OCH3 is 1. The van der Waals surface area contributed by atoms with Crippen LogP contribution in [-0.4, -0.2) is 23.9 Å². The fourth-order valence-electron chi connectivity index (χ4n) is 2.24. The van der Waals surface area contributed by atoms with Crippen molar-refractivity contribution in [1.29, 1.82) is 0 Å². The zero-order valence-corrected chi connectivity index (χ0v) is 12.1. The number of aliphatic hydroxyl groups is 2. The number of hydrogen-bond acceptors (Lipinski definition) is 4. The third-order valence-corrected chi connectivity index (χ3v) is 4.29. The second kappa shape index (κ2) is 6.22. The Kier molecular flexibility index (Phi) is 4.60. The van der Waals surface area contributed by atoms with Crippen LogP contribution in [-0.2, 0) is 5.41 Å². The molecule has 1 heterocycles. The van der Waals surface area contributed by atoms with Gasteiger partial charge in [-0.2, -0.15) is 11.3 Å². The summed E-state index contributed by atoms with van der Waals surface area (Å²) < 4.78 is 5.11. The van der Waals surface area contributed by atoms with E-state index < -0.39 is 11.5 Å². The minimum Gasteiger partial charge on any atom is -0.497 e. The molecule has 1 aromatic carbocycles. The largest absolute Gasteiger partial charge is 0.497 e. The quantitative estimate of drug-likeness (QED) is 0.804. The summed E-state index contributed by atoms with van der Waals surface area (Å²) in [5.74, 6) is 0.727. The van der Waals surface area contributed by atoms with Crippen molar-refractivity contribution in [1.82, 2.24) is 0 Å². The first-order valence-corrected chi connectivity index (χ1v) is 7.21. The van der Waals surface area contributed by atoms with Crippen molar-refractivity contribution in [2.24, 2.45) is 0 Å². The van der Waals surface area contributed by atoms with Crippen molar-refractivity contribution >= 4 is 11.3 Å². The average molecular weight is 290 g/mol. The topological polar surface area (TPSA) is 49.7 Å². The standard InChI is InChI=1S/C16H18O3S/c1-3-16(11-17,13-8-9-20-10-13)15(18)12-4-6-14(19-2)7-5-12/h3-10,15,17-18H,1,11H2,2H3/t15-,16+/m1/s1. The molecule has 0 bridgehead atoms. The van der Waals surface area contributed by atoms with E-state index in [1.807, 2.05) is 16.8 Å². The summed E-state index contributed by atoms with van der Waals surface area (Å²) in [5.41, 5.74) is 0.684. The first-order chi connectivity index (χ1) is 9.67. The third-order valence-electron chi connectivity index (χ3n) is 3.60. The average Bonchev–Trinajstić information content (AvgIpc) is 3.04. The molecule has 2 N–H and O–H groups in total. The van der Waals surface area contributed by atoms with E-state index in [1.165, 1.54) is 11.3 Å². The summed E-state index contributed by atoms with van der Waals surface area (Å²) in [7, 11) is 1.60. The van der Waals surface area contributed by atoms with Gasteiger partial charge in [0.05, 0.1) is 25.2 Å². The molecule has 20 heavy (non-hydrogen) atoms. The molecule has 0 aliphatic rings. The van der Waals surface area contributed by atoms with E-state index in [0.29, 0.717) is 5.56 Å². The van der Waals surface area contributed by atoms with Crippen LogP contribution < -0.4 is 4.74 Å². The first kappa shape index (κ1) is 14.8. The Morgan fingerprint density at radius 1 is 1.35 bits per heavy atom. The molecule has 0 unspecified atom stereocenters. The van der Waals surface area contributed by atoms with E-state index in [-0.39, 0.29) is 6.61 Å². The number of benzene rings is 1. The fraction of sp³-hybridized carbons (Fsp3) is 0.250. The molecule has 0 saturated carbocycles. The molecular formula is C16H18O3S. The molecule has 1 aromatic heterocycles. The van der Waals surface area contributed by atoms with E-state index in [4.69, 9.17) is 4.74 Å². The molecule has 0 radical (unpaired) electrons. The number of aliphatic hydroxyl groups excluding tert-OH is 2. The molecule has 0 aliphatic heterocycles. The molecule has 4 heteroatoms. The monoisotopic (exact) mass is 290 g/mol. The van der Waals surface area contributed by atoms with Crippen LogP contribution >= 0.6 is 11.3 Å². The van der Waals surface area contributed by atoms with Gasteiger partial charge in [0.1, 0.15) is 5.75 Å². The van der Waals surface area contributed by atoms with Gasteiger partial charge in [0.25, 0.3) is 0 Å². The first-order valence-electron chi connectivity index (χ1n) is 6.27. The van der Waals surface area contributed by atoms with Crippen molar-refractivity contribution in [3.63, 3.8) is 0 Å². The second-order valence-electron chi connectivity index (χ2n) is 4.59. The number of thiophene rings is 1. The van der Waals surface area contributed by atoms with Gasteiger partial charge in [-0.1, -0.05) is 18.2 Å². The second-order valence-corrected chi connectivity index (χ2v) is 5.37. The Morgan fingerprint density at radius 3 is 2.50 bits per heavy atom. The van der Waals surface area contributed by atoms with Gasteiger partial charge in [-0.25, -0.2) is 0 Å². The zero-order valence-electron chi connectivity index (χ0n) is 11.3. The molecule has 0 fully saturated rings. The Hall–Kier alpha value is -1.62. The predicted molar refractivity (Wildman–Crippen MR) is 81.2 cm³/mol. The molecule has 0 spiro atoms. The highest BCUT2D eigenvalue weighted by atomic mass is 32.1. The summed E-state index contributed by atoms with van der Waals surface area (Å²) >= 11 is 1.53. The lowest BCUT2D eigenvalue weighted by molar-refractivity contribution is 0.0650. The van der Waals surface area contributed by atoms with Crippen molar-refractivity contribution in [2.45, 2.75) is 11.5 Å². The maximum absolute atomic E-state index is 10.7. The lowest BCUT2D eigenvalue weighted by Crippen LogP contribution is -2.35. The number of hydrogen-bond donors (Lipinski definition) is 2. The summed E-state index contributed by atoms with van der Waals surface area (Å²) in [6.45, 7) is 3.59. The SMILES string of the molecule is C=C[C@](CO)(c1ccsc1)[C@H](O)c1ccc(OC)cc1. The highest BCUT2D eigenvalue weighted by Crippen LogP contribution is 2.39. The number of rotatable bonds is 6. The van der Waals surface area contributed by atoms with Gasteiger partial charge >= 0.3 is 0 Å². The summed E-state index contributed by atoms with van der Waals surface area (Å²) in [4.78, 5) is 0. The summed E-state index contributed by atoms with van der Waals surface area (Å²) in [6, 6.07) is 9.07. The van der Waals surface area contributed by atoms with Crippen molar-refractivity contribution in [3.8, 4) is 5.75 Å². The van der Waals surface area contributed by atoms with E-state index in [9.17, 15) is 10.2 Å². The van der Waals surface area contributed by atoms with Crippen molar-refractivity contribution in [3.05, 3.63) is 64.9 Å². The van der Waals surface area contributed by atoms with E-state index >= 15 is 0 Å². The highest BCUT2D eigenvalue weighted by Gasteiger charge is 2.37. The zero-order chi connectivity index (χ0) is 14.6. The van der Waals surface area contributed by atoms with Crippen LogP contribution in [0, 0.1) is 0 Å². The van der Waals surface area contributed by atoms with Gasteiger partial charge in [0.2, 0.25) is 0 Å². The minimum absolute atomic E-state index is 0.208. The molecule has 2 aromatic rings. The normalized spacial score (nSPS) is 15.3. The van der Waals surface area contributed by atoms with Crippen molar-refractivity contribution in [2.75, 3.05) is 13.7 Å². The highest BCUT2D eigenvalue weighted by molar-refractivity contribution is 7.08. The van der Waals surface area contributed by atoms with E-state index in [1.54, 1.807) is 37.5 Å². The lowest BCUT2D eigenvalue weighted by atomic mass is 9.75. The van der Waals surface area contributed by atoms with Crippen LogP contribution in [0.25, 0.3) is 0 Å². The molecular weight excluding hydrogens is 272 g/mol. The molecule has 3 nitrogen and oxygen atoms in total.